The van der Waals surface area contributed by atoms with E-state index < -0.39 is 0 Å². The quantitative estimate of drug-likeness (QED) is 0.390. The SMILES string of the molecule is Bc1ccc(B)c(B/C(O)=C\C)c1. The van der Waals surface area contributed by atoms with E-state index in [-0.39, 0.29) is 0 Å². The monoisotopic (exact) mass is 170 g/mol. The predicted octanol–water partition coefficient (Wildman–Crippen LogP) is -2.32. The van der Waals surface area contributed by atoms with Gasteiger partial charge in [-0.2, -0.15) is 0 Å². The Balaban J connectivity index is 2.94. The first-order valence-electron chi connectivity index (χ1n) is 4.53. The molecule has 1 rings (SSSR count). The Morgan fingerprint density at radius 2 is 2.15 bits per heavy atom. The number of aliphatic hydroxyl groups excluding tert-OH is 1. The van der Waals surface area contributed by atoms with Gasteiger partial charge in [-0.1, -0.05) is 40.7 Å². The molecule has 0 aliphatic carbocycles. The van der Waals surface area contributed by atoms with Crippen LogP contribution >= 0.6 is 0 Å². The second kappa shape index (κ2) is 4.26. The molecule has 0 aliphatic rings. The third-order valence-corrected chi connectivity index (χ3v) is 2.21. The van der Waals surface area contributed by atoms with Gasteiger partial charge in [-0.3, -0.25) is 0 Å². The van der Waals surface area contributed by atoms with Gasteiger partial charge in [0.25, 0.3) is 0 Å². The Kier molecular flexibility index (Phi) is 3.29. The highest BCUT2D eigenvalue weighted by Crippen LogP contribution is 1.84. The van der Waals surface area contributed by atoms with Crippen LogP contribution < -0.4 is 16.4 Å². The molecular formula is C9H13B3O. The molecule has 1 nitrogen and oxygen atoms in total. The van der Waals surface area contributed by atoms with Gasteiger partial charge in [0, 0.05) is 5.66 Å². The lowest BCUT2D eigenvalue weighted by Crippen LogP contribution is -2.35. The number of hydrogen-bond donors (Lipinski definition) is 1. The first-order chi connectivity index (χ1) is 6.13. The van der Waals surface area contributed by atoms with E-state index in [1.54, 1.807) is 6.08 Å². The van der Waals surface area contributed by atoms with Crippen LogP contribution in [-0.4, -0.2) is 28.1 Å². The summed E-state index contributed by atoms with van der Waals surface area (Å²) in [5, 5.41) is 9.39. The van der Waals surface area contributed by atoms with Crippen molar-refractivity contribution in [2.45, 2.75) is 6.92 Å². The number of benzene rings is 1. The van der Waals surface area contributed by atoms with Gasteiger partial charge in [0.05, 0.1) is 0 Å². The third kappa shape index (κ3) is 2.72. The first-order valence-corrected chi connectivity index (χ1v) is 4.53. The highest BCUT2D eigenvalue weighted by atomic mass is 16.3. The van der Waals surface area contributed by atoms with E-state index in [0.29, 0.717) is 12.9 Å². The second-order valence-electron chi connectivity index (χ2n) is 3.39. The van der Waals surface area contributed by atoms with E-state index in [2.05, 4.69) is 33.9 Å². The van der Waals surface area contributed by atoms with Gasteiger partial charge in [-0.05, 0) is 6.92 Å². The molecule has 0 saturated heterocycles. The summed E-state index contributed by atoms with van der Waals surface area (Å²) in [6, 6.07) is 6.30. The van der Waals surface area contributed by atoms with E-state index in [9.17, 15) is 5.11 Å². The second-order valence-corrected chi connectivity index (χ2v) is 3.39. The molecule has 0 amide bonds. The Hall–Kier alpha value is -1.05. The number of hydrogen-bond acceptors (Lipinski definition) is 1. The molecule has 0 aliphatic heterocycles. The molecule has 1 aromatic carbocycles. The zero-order valence-corrected chi connectivity index (χ0v) is 8.46. The summed E-state index contributed by atoms with van der Waals surface area (Å²) in [5.74, 6) is 0. The van der Waals surface area contributed by atoms with Crippen LogP contribution in [0.2, 0.25) is 0 Å². The van der Waals surface area contributed by atoms with Gasteiger partial charge in [0.15, 0.2) is 0 Å². The summed E-state index contributed by atoms with van der Waals surface area (Å²) in [6.45, 7) is 1.85. The Morgan fingerprint density at radius 1 is 1.46 bits per heavy atom. The first kappa shape index (κ1) is 10.0. The van der Waals surface area contributed by atoms with Crippen molar-refractivity contribution in [3.63, 3.8) is 0 Å². The van der Waals surface area contributed by atoms with E-state index in [4.69, 9.17) is 0 Å². The van der Waals surface area contributed by atoms with Crippen molar-refractivity contribution in [1.29, 1.82) is 0 Å². The fraction of sp³-hybridized carbons (Fsp3) is 0.111. The normalized spacial score (nSPS) is 11.3. The minimum atomic E-state index is 0.439. The van der Waals surface area contributed by atoms with Crippen LogP contribution in [0.5, 0.6) is 0 Å². The minimum Gasteiger partial charge on any atom is -0.523 e. The van der Waals surface area contributed by atoms with E-state index in [0.717, 1.165) is 0 Å². The Labute approximate surface area is 81.9 Å². The van der Waals surface area contributed by atoms with Crippen LogP contribution in [0.25, 0.3) is 0 Å². The fourth-order valence-electron chi connectivity index (χ4n) is 1.29. The van der Waals surface area contributed by atoms with Crippen LogP contribution in [0.1, 0.15) is 6.92 Å². The maximum Gasteiger partial charge on any atom is 0.236 e. The van der Waals surface area contributed by atoms with Gasteiger partial charge < -0.3 is 5.11 Å². The molecule has 1 aromatic rings. The summed E-state index contributed by atoms with van der Waals surface area (Å²) in [6.07, 6.45) is 1.74. The summed E-state index contributed by atoms with van der Waals surface area (Å²) in [7, 11) is 4.78. The molecule has 0 spiro atoms. The highest BCUT2D eigenvalue weighted by molar-refractivity contribution is 6.66. The van der Waals surface area contributed by atoms with Crippen LogP contribution in [0, 0.1) is 0 Å². The molecule has 0 fully saturated rings. The molecule has 1 N–H and O–H groups in total. The van der Waals surface area contributed by atoms with Gasteiger partial charge in [0.1, 0.15) is 15.7 Å². The summed E-state index contributed by atoms with van der Waals surface area (Å²) >= 11 is 0. The maximum absolute atomic E-state index is 9.39. The lowest BCUT2D eigenvalue weighted by Gasteiger charge is -2.05. The van der Waals surface area contributed by atoms with Gasteiger partial charge >= 0.3 is 0 Å². The van der Waals surface area contributed by atoms with Crippen molar-refractivity contribution in [1.82, 2.24) is 0 Å². The molecule has 0 aromatic heterocycles. The van der Waals surface area contributed by atoms with Gasteiger partial charge in [-0.15, -0.1) is 0 Å². The van der Waals surface area contributed by atoms with E-state index in [1.807, 2.05) is 6.92 Å². The van der Waals surface area contributed by atoms with Crippen molar-refractivity contribution in [2.75, 3.05) is 0 Å². The molecular weight excluding hydrogens is 157 g/mol. The molecule has 4 heteroatoms. The fourth-order valence-corrected chi connectivity index (χ4v) is 1.29. The third-order valence-electron chi connectivity index (χ3n) is 2.21. The molecule has 0 bridgehead atoms. The Bertz CT molecular complexity index is 334. The summed E-state index contributed by atoms with van der Waals surface area (Å²) in [5.41, 5.74) is 4.12. The zero-order chi connectivity index (χ0) is 9.84. The standard InChI is InChI=1S/C9H13B3O/c1-2-9(13)12-8-5-6(10)3-4-7(8)11/h2-5,12-13H,10-11H2,1H3/b9-2+. The molecule has 0 atom stereocenters. The topological polar surface area (TPSA) is 20.2 Å². The van der Waals surface area contributed by atoms with E-state index in [1.165, 1.54) is 16.4 Å². The maximum atomic E-state index is 9.39. The predicted molar refractivity (Wildman–Crippen MR) is 66.0 cm³/mol. The molecule has 13 heavy (non-hydrogen) atoms. The summed E-state index contributed by atoms with van der Waals surface area (Å²) < 4.78 is 0. The smallest absolute Gasteiger partial charge is 0.236 e. The van der Waals surface area contributed by atoms with Crippen LogP contribution in [-0.2, 0) is 0 Å². The van der Waals surface area contributed by atoms with Crippen molar-refractivity contribution in [3.05, 3.63) is 29.9 Å². The van der Waals surface area contributed by atoms with E-state index >= 15 is 0 Å². The van der Waals surface area contributed by atoms with Crippen LogP contribution in [0.4, 0.5) is 0 Å². The van der Waals surface area contributed by atoms with Crippen LogP contribution in [0.15, 0.2) is 29.9 Å². The number of aliphatic hydroxyl groups is 1. The Morgan fingerprint density at radius 3 is 2.77 bits per heavy atom. The molecule has 0 radical (unpaired) electrons. The zero-order valence-electron chi connectivity index (χ0n) is 8.46. The lowest BCUT2D eigenvalue weighted by atomic mass is 9.62. The van der Waals surface area contributed by atoms with Gasteiger partial charge in [-0.25, -0.2) is 0 Å². The largest absolute Gasteiger partial charge is 0.523 e. The molecule has 0 unspecified atom stereocenters. The molecule has 0 saturated carbocycles. The average molecular weight is 170 g/mol. The minimum absolute atomic E-state index is 0.439. The van der Waals surface area contributed by atoms with Crippen molar-refractivity contribution >= 4 is 39.4 Å². The molecule has 0 heterocycles. The van der Waals surface area contributed by atoms with Crippen molar-refractivity contribution in [2.24, 2.45) is 0 Å². The van der Waals surface area contributed by atoms with Crippen molar-refractivity contribution in [3.8, 4) is 0 Å². The molecule has 64 valence electrons. The van der Waals surface area contributed by atoms with Crippen LogP contribution in [0.3, 0.4) is 0 Å². The van der Waals surface area contributed by atoms with Crippen molar-refractivity contribution < 1.29 is 5.11 Å². The van der Waals surface area contributed by atoms with Gasteiger partial charge in [0.2, 0.25) is 7.28 Å². The number of allylic oxidation sites excluding steroid dienone is 1. The average Bonchev–Trinajstić information content (AvgIpc) is 2.11. The lowest BCUT2D eigenvalue weighted by molar-refractivity contribution is 0.449. The summed E-state index contributed by atoms with van der Waals surface area (Å²) in [4.78, 5) is 0. The number of rotatable bonds is 2. The highest BCUT2D eigenvalue weighted by Gasteiger charge is 2.02.